The van der Waals surface area contributed by atoms with E-state index in [0.29, 0.717) is 5.92 Å². The molecular weight excluding hydrogens is 335 g/mol. The third-order valence-electron chi connectivity index (χ3n) is 6.34. The van der Waals surface area contributed by atoms with E-state index in [4.69, 9.17) is 16.3 Å². The van der Waals surface area contributed by atoms with Gasteiger partial charge >= 0.3 is 0 Å². The predicted molar refractivity (Wildman–Crippen MR) is 103 cm³/mol. The number of methoxy groups -OCH3 is 1. The highest BCUT2D eigenvalue weighted by Crippen LogP contribution is 2.44. The second kappa shape index (κ2) is 9.19. The molecule has 2 fully saturated rings. The van der Waals surface area contributed by atoms with Gasteiger partial charge in [0.15, 0.2) is 0 Å². The quantitative estimate of drug-likeness (QED) is 0.524. The van der Waals surface area contributed by atoms with Crippen LogP contribution in [0.15, 0.2) is 30.4 Å². The minimum Gasteiger partial charge on any atom is -0.381 e. The lowest BCUT2D eigenvalue weighted by molar-refractivity contribution is 0.171. The molecule has 0 heterocycles. The van der Waals surface area contributed by atoms with Crippen LogP contribution in [-0.4, -0.2) is 13.7 Å². The lowest BCUT2D eigenvalue weighted by Crippen LogP contribution is -2.25. The van der Waals surface area contributed by atoms with Crippen LogP contribution >= 0.6 is 11.6 Å². The Morgan fingerprint density at radius 3 is 2.28 bits per heavy atom. The van der Waals surface area contributed by atoms with E-state index in [1.54, 1.807) is 19.2 Å². The highest BCUT2D eigenvalue weighted by atomic mass is 35.5. The Kier molecular flexibility index (Phi) is 6.95. The summed E-state index contributed by atoms with van der Waals surface area (Å²) in [6.07, 6.45) is 14.9. The maximum atomic E-state index is 13.7. The molecule has 0 spiro atoms. The summed E-state index contributed by atoms with van der Waals surface area (Å²) in [5.41, 5.74) is 1.13. The standard InChI is InChI=1S/C22H30ClFO/c1-25-14-2-3-16-4-6-17(7-5-16)18-8-10-19(11-9-18)20-12-13-21(23)22(24)15-20/h2-3,12-13,15-19H,4-11,14H2,1H3. The third kappa shape index (κ3) is 5.08. The SMILES string of the molecule is COCC=CC1CCC(C2CCC(c3ccc(Cl)c(F)c3)CC2)CC1. The van der Waals surface area contributed by atoms with E-state index in [-0.39, 0.29) is 10.8 Å². The summed E-state index contributed by atoms with van der Waals surface area (Å²) in [7, 11) is 1.75. The van der Waals surface area contributed by atoms with E-state index < -0.39 is 0 Å². The van der Waals surface area contributed by atoms with Crippen LogP contribution in [0.1, 0.15) is 62.8 Å². The highest BCUT2D eigenvalue weighted by molar-refractivity contribution is 6.30. The van der Waals surface area contributed by atoms with Crippen LogP contribution in [0.2, 0.25) is 5.02 Å². The van der Waals surface area contributed by atoms with Gasteiger partial charge in [-0.15, -0.1) is 0 Å². The molecule has 0 N–H and O–H groups in total. The molecule has 0 saturated heterocycles. The first-order valence-corrected chi connectivity index (χ1v) is 10.2. The van der Waals surface area contributed by atoms with Gasteiger partial charge in [-0.2, -0.15) is 0 Å². The predicted octanol–water partition coefficient (Wildman–Crippen LogP) is 6.76. The van der Waals surface area contributed by atoms with E-state index in [9.17, 15) is 4.39 Å². The number of hydrogen-bond acceptors (Lipinski definition) is 1. The maximum Gasteiger partial charge on any atom is 0.142 e. The monoisotopic (exact) mass is 364 g/mol. The zero-order chi connectivity index (χ0) is 17.6. The highest BCUT2D eigenvalue weighted by Gasteiger charge is 2.30. The Hall–Kier alpha value is -0.860. The van der Waals surface area contributed by atoms with Gasteiger partial charge in [-0.25, -0.2) is 4.39 Å². The number of rotatable bonds is 5. The molecule has 3 rings (SSSR count). The van der Waals surface area contributed by atoms with Gasteiger partial charge in [0.1, 0.15) is 5.82 Å². The number of benzene rings is 1. The number of hydrogen-bond donors (Lipinski definition) is 0. The molecule has 25 heavy (non-hydrogen) atoms. The van der Waals surface area contributed by atoms with Crippen molar-refractivity contribution in [1.29, 1.82) is 0 Å². The molecule has 1 nitrogen and oxygen atoms in total. The maximum absolute atomic E-state index is 13.7. The molecule has 2 aliphatic rings. The van der Waals surface area contributed by atoms with Crippen LogP contribution in [0, 0.1) is 23.6 Å². The van der Waals surface area contributed by atoms with Crippen molar-refractivity contribution in [3.05, 3.63) is 46.8 Å². The van der Waals surface area contributed by atoms with Gasteiger partial charge in [0, 0.05) is 7.11 Å². The molecule has 0 aliphatic heterocycles. The van der Waals surface area contributed by atoms with Crippen LogP contribution in [0.4, 0.5) is 4.39 Å². The molecule has 2 saturated carbocycles. The van der Waals surface area contributed by atoms with Gasteiger partial charge < -0.3 is 4.74 Å². The lowest BCUT2D eigenvalue weighted by Gasteiger charge is -2.37. The number of allylic oxidation sites excluding steroid dienone is 1. The molecule has 1 aromatic carbocycles. The molecular formula is C22H30ClFO. The third-order valence-corrected chi connectivity index (χ3v) is 6.65. The summed E-state index contributed by atoms with van der Waals surface area (Å²) in [6.45, 7) is 0.731. The van der Waals surface area contributed by atoms with Gasteiger partial charge in [-0.3, -0.25) is 0 Å². The molecule has 0 unspecified atom stereocenters. The van der Waals surface area contributed by atoms with Gasteiger partial charge in [0.05, 0.1) is 11.6 Å². The van der Waals surface area contributed by atoms with Crippen LogP contribution < -0.4 is 0 Å². The smallest absolute Gasteiger partial charge is 0.142 e. The molecule has 0 aromatic heterocycles. The Morgan fingerprint density at radius 2 is 1.68 bits per heavy atom. The molecule has 1 aromatic rings. The molecule has 0 amide bonds. The second-order valence-corrected chi connectivity index (χ2v) is 8.25. The first kappa shape index (κ1) is 18.9. The zero-order valence-electron chi connectivity index (χ0n) is 15.2. The van der Waals surface area contributed by atoms with E-state index in [0.717, 1.165) is 29.9 Å². The Balaban J connectivity index is 1.46. The van der Waals surface area contributed by atoms with Gasteiger partial charge in [0.25, 0.3) is 0 Å². The zero-order valence-corrected chi connectivity index (χ0v) is 16.0. The first-order chi connectivity index (χ1) is 12.2. The van der Waals surface area contributed by atoms with E-state index in [1.807, 2.05) is 6.07 Å². The minimum absolute atomic E-state index is 0.230. The van der Waals surface area contributed by atoms with Crippen LogP contribution in [0.5, 0.6) is 0 Å². The van der Waals surface area contributed by atoms with Crippen molar-refractivity contribution < 1.29 is 9.13 Å². The van der Waals surface area contributed by atoms with Crippen LogP contribution in [0.25, 0.3) is 0 Å². The van der Waals surface area contributed by atoms with Crippen LogP contribution in [0.3, 0.4) is 0 Å². The fraction of sp³-hybridized carbons (Fsp3) is 0.636. The average Bonchev–Trinajstić information content (AvgIpc) is 2.65. The van der Waals surface area contributed by atoms with Crippen molar-refractivity contribution in [3.63, 3.8) is 0 Å². The van der Waals surface area contributed by atoms with Gasteiger partial charge in [-0.05, 0) is 92.7 Å². The molecule has 0 radical (unpaired) electrons. The summed E-state index contributed by atoms with van der Waals surface area (Å²) < 4.78 is 18.8. The summed E-state index contributed by atoms with van der Waals surface area (Å²) in [5, 5.41) is 0.230. The molecule has 0 bridgehead atoms. The van der Waals surface area contributed by atoms with Crippen molar-refractivity contribution in [3.8, 4) is 0 Å². The molecule has 0 atom stereocenters. The topological polar surface area (TPSA) is 9.23 Å². The Morgan fingerprint density at radius 1 is 1.04 bits per heavy atom. The van der Waals surface area contributed by atoms with Crippen molar-refractivity contribution in [2.75, 3.05) is 13.7 Å². The van der Waals surface area contributed by atoms with E-state index in [2.05, 4.69) is 12.2 Å². The van der Waals surface area contributed by atoms with E-state index in [1.165, 1.54) is 51.4 Å². The van der Waals surface area contributed by atoms with Crippen molar-refractivity contribution in [1.82, 2.24) is 0 Å². The molecule has 138 valence electrons. The van der Waals surface area contributed by atoms with Crippen LogP contribution in [-0.2, 0) is 4.74 Å². The van der Waals surface area contributed by atoms with E-state index >= 15 is 0 Å². The Bertz CT molecular complexity index is 569. The summed E-state index contributed by atoms with van der Waals surface area (Å²) in [6, 6.07) is 5.36. The number of halogens is 2. The summed E-state index contributed by atoms with van der Waals surface area (Å²) >= 11 is 5.81. The second-order valence-electron chi connectivity index (χ2n) is 7.84. The summed E-state index contributed by atoms with van der Waals surface area (Å²) in [5.74, 6) is 2.75. The summed E-state index contributed by atoms with van der Waals surface area (Å²) in [4.78, 5) is 0. The fourth-order valence-electron chi connectivity index (χ4n) is 4.84. The lowest BCUT2D eigenvalue weighted by atomic mass is 9.68. The number of ether oxygens (including phenoxy) is 1. The first-order valence-electron chi connectivity index (χ1n) is 9.78. The normalized spacial score (nSPS) is 30.7. The van der Waals surface area contributed by atoms with Crippen molar-refractivity contribution in [2.24, 2.45) is 17.8 Å². The fourth-order valence-corrected chi connectivity index (χ4v) is 4.96. The van der Waals surface area contributed by atoms with Crippen molar-refractivity contribution >= 4 is 11.6 Å². The molecule has 3 heteroatoms. The minimum atomic E-state index is -0.277. The Labute approximate surface area is 156 Å². The van der Waals surface area contributed by atoms with Crippen molar-refractivity contribution in [2.45, 2.75) is 57.3 Å². The molecule has 2 aliphatic carbocycles. The average molecular weight is 365 g/mol. The largest absolute Gasteiger partial charge is 0.381 e. The van der Waals surface area contributed by atoms with Gasteiger partial charge in [-0.1, -0.05) is 29.8 Å². The van der Waals surface area contributed by atoms with Gasteiger partial charge in [0.2, 0.25) is 0 Å².